The Hall–Kier alpha value is -3.84. The number of aryl methyl sites for hydroxylation is 1. The van der Waals surface area contributed by atoms with E-state index in [1.165, 1.54) is 10.5 Å². The Morgan fingerprint density at radius 1 is 1.06 bits per heavy atom. The van der Waals surface area contributed by atoms with E-state index in [-0.39, 0.29) is 24.7 Å². The number of carbonyl (C=O) groups excluding carboxylic acids is 1. The van der Waals surface area contributed by atoms with Crippen LogP contribution in [-0.2, 0) is 11.4 Å². The Morgan fingerprint density at radius 2 is 1.84 bits per heavy atom. The molecule has 0 radical (unpaired) electrons. The minimum Gasteiger partial charge on any atom is -0.487 e. The van der Waals surface area contributed by atoms with Crippen LogP contribution in [0, 0.1) is 6.92 Å². The highest BCUT2D eigenvalue weighted by atomic mass is 35.5. The van der Waals surface area contributed by atoms with E-state index < -0.39 is 0 Å². The first-order valence-corrected chi connectivity index (χ1v) is 10.2. The zero-order chi connectivity index (χ0) is 22.5. The van der Waals surface area contributed by atoms with Gasteiger partial charge in [-0.25, -0.2) is 4.98 Å². The molecule has 0 atom stereocenters. The van der Waals surface area contributed by atoms with Gasteiger partial charge in [-0.3, -0.25) is 14.0 Å². The fourth-order valence-electron chi connectivity index (χ4n) is 3.02. The summed E-state index contributed by atoms with van der Waals surface area (Å²) in [4.78, 5) is 28.8. The van der Waals surface area contributed by atoms with Crippen molar-refractivity contribution in [3.05, 3.63) is 99.6 Å². The van der Waals surface area contributed by atoms with E-state index in [1.54, 1.807) is 54.7 Å². The van der Waals surface area contributed by atoms with E-state index >= 15 is 0 Å². The number of para-hydroxylation sites is 1. The number of rotatable bonds is 7. The van der Waals surface area contributed by atoms with E-state index in [4.69, 9.17) is 21.1 Å². The second-order valence-corrected chi connectivity index (χ2v) is 7.51. The number of carbonyl (C=O) groups is 1. The molecule has 7 nitrogen and oxygen atoms in total. The van der Waals surface area contributed by atoms with E-state index in [0.717, 1.165) is 5.56 Å². The van der Waals surface area contributed by atoms with E-state index in [0.29, 0.717) is 33.6 Å². The Morgan fingerprint density at radius 3 is 2.62 bits per heavy atom. The molecule has 0 saturated carbocycles. The summed E-state index contributed by atoms with van der Waals surface area (Å²) < 4.78 is 12.7. The monoisotopic (exact) mass is 449 g/mol. The summed E-state index contributed by atoms with van der Waals surface area (Å²) in [5.41, 5.74) is 2.57. The molecule has 0 spiro atoms. The number of halogens is 1. The summed E-state index contributed by atoms with van der Waals surface area (Å²) in [7, 11) is 0. The molecule has 0 aliphatic rings. The largest absolute Gasteiger partial charge is 0.487 e. The molecule has 1 amide bonds. The minimum absolute atomic E-state index is 0.150. The van der Waals surface area contributed by atoms with Crippen LogP contribution in [-0.4, -0.2) is 21.9 Å². The van der Waals surface area contributed by atoms with Gasteiger partial charge in [0.1, 0.15) is 23.8 Å². The van der Waals surface area contributed by atoms with Crippen LogP contribution < -0.4 is 20.3 Å². The second kappa shape index (κ2) is 9.53. The highest BCUT2D eigenvalue weighted by molar-refractivity contribution is 6.32. The van der Waals surface area contributed by atoms with Crippen LogP contribution in [0.2, 0.25) is 5.02 Å². The number of fused-ring (bicyclic) bond motifs is 1. The van der Waals surface area contributed by atoms with Crippen LogP contribution >= 0.6 is 11.6 Å². The van der Waals surface area contributed by atoms with Crippen molar-refractivity contribution >= 4 is 28.8 Å². The summed E-state index contributed by atoms with van der Waals surface area (Å²) >= 11 is 6.01. The molecule has 0 aliphatic carbocycles. The summed E-state index contributed by atoms with van der Waals surface area (Å²) in [6.45, 7) is 1.93. The third-order valence-corrected chi connectivity index (χ3v) is 4.91. The average Bonchev–Trinajstić information content (AvgIpc) is 2.78. The first kappa shape index (κ1) is 21.4. The van der Waals surface area contributed by atoms with Crippen LogP contribution in [0.4, 0.5) is 5.69 Å². The quantitative estimate of drug-likeness (QED) is 0.456. The molecule has 0 saturated heterocycles. The number of ether oxygens (including phenoxy) is 2. The van der Waals surface area contributed by atoms with Gasteiger partial charge < -0.3 is 14.8 Å². The van der Waals surface area contributed by atoms with Gasteiger partial charge in [-0.1, -0.05) is 23.7 Å². The van der Waals surface area contributed by atoms with Gasteiger partial charge >= 0.3 is 0 Å². The van der Waals surface area contributed by atoms with Crippen molar-refractivity contribution in [1.29, 1.82) is 0 Å². The third-order valence-electron chi connectivity index (χ3n) is 4.60. The second-order valence-electron chi connectivity index (χ2n) is 7.10. The van der Waals surface area contributed by atoms with Crippen LogP contribution in [0.5, 0.6) is 11.5 Å². The molecule has 4 aromatic rings. The first-order chi connectivity index (χ1) is 15.5. The van der Waals surface area contributed by atoms with E-state index in [2.05, 4.69) is 10.3 Å². The zero-order valence-corrected chi connectivity index (χ0v) is 18.0. The molecule has 8 heteroatoms. The molecule has 0 unspecified atom stereocenters. The maximum absolute atomic E-state index is 12.2. The number of hydrogen-bond donors (Lipinski definition) is 1. The van der Waals surface area contributed by atoms with E-state index in [9.17, 15) is 9.59 Å². The van der Waals surface area contributed by atoms with Crippen molar-refractivity contribution < 1.29 is 14.3 Å². The minimum atomic E-state index is -0.310. The normalized spacial score (nSPS) is 10.7. The summed E-state index contributed by atoms with van der Waals surface area (Å²) in [5, 5.41) is 3.19. The van der Waals surface area contributed by atoms with Crippen molar-refractivity contribution in [3.8, 4) is 11.5 Å². The highest BCUT2D eigenvalue weighted by Crippen LogP contribution is 2.23. The zero-order valence-electron chi connectivity index (χ0n) is 17.2. The molecule has 1 N–H and O–H groups in total. The molecule has 4 rings (SSSR count). The Balaban J connectivity index is 1.33. The van der Waals surface area contributed by atoms with Crippen molar-refractivity contribution in [3.63, 3.8) is 0 Å². The molecular formula is C24H20ClN3O4. The van der Waals surface area contributed by atoms with Gasteiger partial charge in [0.25, 0.3) is 11.5 Å². The van der Waals surface area contributed by atoms with Gasteiger partial charge in [0, 0.05) is 18.0 Å². The van der Waals surface area contributed by atoms with Gasteiger partial charge in [0.05, 0.1) is 10.7 Å². The fourth-order valence-corrected chi connectivity index (χ4v) is 3.21. The molecule has 162 valence electrons. The first-order valence-electron chi connectivity index (χ1n) is 9.87. The maximum Gasteiger partial charge on any atom is 0.262 e. The molecule has 0 bridgehead atoms. The molecule has 2 aromatic carbocycles. The van der Waals surface area contributed by atoms with Gasteiger partial charge in [-0.2, -0.15) is 0 Å². The number of nitrogens with zero attached hydrogens (tertiary/aromatic N) is 2. The fraction of sp³-hybridized carbons (Fsp3) is 0.125. The highest BCUT2D eigenvalue weighted by Gasteiger charge is 2.07. The maximum atomic E-state index is 12.2. The Kier molecular flexibility index (Phi) is 6.37. The Labute approximate surface area is 189 Å². The Bertz CT molecular complexity index is 1320. The lowest BCUT2D eigenvalue weighted by molar-refractivity contribution is -0.118. The number of benzene rings is 2. The molecule has 0 aliphatic heterocycles. The molecule has 0 fully saturated rings. The number of hydrogen-bond acceptors (Lipinski definition) is 5. The lowest BCUT2D eigenvalue weighted by Crippen LogP contribution is -2.20. The number of pyridine rings is 1. The summed E-state index contributed by atoms with van der Waals surface area (Å²) in [6, 6.07) is 19.0. The standard InChI is InChI=1S/C24H20ClN3O4/c1-16-10-11-28-22(12-16)26-18(13-24(28)30)14-31-19-8-6-17(7-9-19)27-23(29)15-32-21-5-3-2-4-20(21)25/h2-13H,14-15H2,1H3,(H,27,29). The van der Waals surface area contributed by atoms with Gasteiger partial charge in [-0.05, 0) is 61.0 Å². The van der Waals surface area contributed by atoms with Gasteiger partial charge in [0.15, 0.2) is 6.61 Å². The molecular weight excluding hydrogens is 430 g/mol. The van der Waals surface area contributed by atoms with Crippen molar-refractivity contribution in [2.24, 2.45) is 0 Å². The lowest BCUT2D eigenvalue weighted by Gasteiger charge is -2.10. The predicted octanol–water partition coefficient (Wildman–Crippen LogP) is 4.25. The van der Waals surface area contributed by atoms with E-state index in [1.807, 2.05) is 19.1 Å². The predicted molar refractivity (Wildman–Crippen MR) is 123 cm³/mol. The molecule has 2 aromatic heterocycles. The van der Waals surface area contributed by atoms with Crippen LogP contribution in [0.15, 0.2) is 77.7 Å². The topological polar surface area (TPSA) is 81.9 Å². The van der Waals surface area contributed by atoms with Gasteiger partial charge in [-0.15, -0.1) is 0 Å². The molecule has 32 heavy (non-hydrogen) atoms. The number of amides is 1. The molecule has 2 heterocycles. The SMILES string of the molecule is Cc1ccn2c(=O)cc(COc3ccc(NC(=O)COc4ccccc4Cl)cc3)nc2c1. The summed E-state index contributed by atoms with van der Waals surface area (Å²) in [5.74, 6) is 0.724. The third kappa shape index (κ3) is 5.25. The van der Waals surface area contributed by atoms with Crippen LogP contribution in [0.3, 0.4) is 0 Å². The van der Waals surface area contributed by atoms with Crippen molar-refractivity contribution in [2.45, 2.75) is 13.5 Å². The average molecular weight is 450 g/mol. The smallest absolute Gasteiger partial charge is 0.262 e. The number of nitrogens with one attached hydrogen (secondary N) is 1. The van der Waals surface area contributed by atoms with Crippen molar-refractivity contribution in [2.75, 3.05) is 11.9 Å². The van der Waals surface area contributed by atoms with Crippen LogP contribution in [0.25, 0.3) is 5.65 Å². The van der Waals surface area contributed by atoms with Crippen LogP contribution in [0.1, 0.15) is 11.3 Å². The van der Waals surface area contributed by atoms with Gasteiger partial charge in [0.2, 0.25) is 0 Å². The lowest BCUT2D eigenvalue weighted by atomic mass is 10.3. The summed E-state index contributed by atoms with van der Waals surface area (Å²) in [6.07, 6.45) is 1.71. The van der Waals surface area contributed by atoms with Crippen molar-refractivity contribution in [1.82, 2.24) is 9.38 Å². The number of anilines is 1. The number of aromatic nitrogens is 2.